The van der Waals surface area contributed by atoms with Crippen LogP contribution in [0.15, 0.2) is 60.7 Å². The number of hydrogen-bond acceptors (Lipinski definition) is 2. The first-order chi connectivity index (χ1) is 14.6. The van der Waals surface area contributed by atoms with Gasteiger partial charge in [-0.1, -0.05) is 79.9 Å². The minimum atomic E-state index is -0.648. The van der Waals surface area contributed by atoms with Crippen LogP contribution in [0.1, 0.15) is 62.5 Å². The second kappa shape index (κ2) is 8.93. The SMILES string of the molecule is CN(C)C(=O)C(CCN1CCCC12CCCCC2)(c1ccccc1)c1ccccc1. The molecule has 0 atom stereocenters. The van der Waals surface area contributed by atoms with E-state index in [2.05, 4.69) is 53.4 Å². The predicted molar refractivity (Wildman–Crippen MR) is 124 cm³/mol. The van der Waals surface area contributed by atoms with Crippen LogP contribution in [0.2, 0.25) is 0 Å². The van der Waals surface area contributed by atoms with E-state index in [9.17, 15) is 4.79 Å². The van der Waals surface area contributed by atoms with Crippen LogP contribution in [-0.2, 0) is 10.2 Å². The molecular formula is C27H36N2O. The van der Waals surface area contributed by atoms with Crippen molar-refractivity contribution < 1.29 is 4.79 Å². The highest BCUT2D eigenvalue weighted by Crippen LogP contribution is 2.44. The summed E-state index contributed by atoms with van der Waals surface area (Å²) in [5.74, 6) is 0.178. The van der Waals surface area contributed by atoms with Crippen LogP contribution >= 0.6 is 0 Å². The number of carbonyl (C=O) groups excluding carboxylic acids is 1. The summed E-state index contributed by atoms with van der Waals surface area (Å²) in [5, 5.41) is 0. The maximum absolute atomic E-state index is 13.8. The fourth-order valence-electron chi connectivity index (χ4n) is 6.06. The molecule has 30 heavy (non-hydrogen) atoms. The van der Waals surface area contributed by atoms with Gasteiger partial charge in [0.1, 0.15) is 5.41 Å². The zero-order valence-corrected chi connectivity index (χ0v) is 18.6. The standard InChI is InChI=1S/C27H36N2O/c1-28(2)25(30)27(23-13-6-3-7-14-23,24-15-8-4-9-16-24)20-22-29-21-12-19-26(29)17-10-5-11-18-26/h3-4,6-9,13-16H,5,10-12,17-22H2,1-2H3. The van der Waals surface area contributed by atoms with E-state index >= 15 is 0 Å². The molecule has 1 aliphatic carbocycles. The molecule has 0 bridgehead atoms. The average Bonchev–Trinajstić information content (AvgIpc) is 3.17. The summed E-state index contributed by atoms with van der Waals surface area (Å²) >= 11 is 0. The number of nitrogens with zero attached hydrogens (tertiary/aromatic N) is 2. The second-order valence-electron chi connectivity index (χ2n) is 9.46. The van der Waals surface area contributed by atoms with Gasteiger partial charge in [-0.25, -0.2) is 0 Å². The van der Waals surface area contributed by atoms with Gasteiger partial charge in [0, 0.05) is 26.2 Å². The van der Waals surface area contributed by atoms with Gasteiger partial charge >= 0.3 is 0 Å². The van der Waals surface area contributed by atoms with Crippen molar-refractivity contribution in [2.75, 3.05) is 27.2 Å². The third kappa shape index (κ3) is 3.80. The van der Waals surface area contributed by atoms with Gasteiger partial charge in [0.25, 0.3) is 0 Å². The van der Waals surface area contributed by atoms with E-state index in [4.69, 9.17) is 0 Å². The molecule has 1 aliphatic heterocycles. The summed E-state index contributed by atoms with van der Waals surface area (Å²) < 4.78 is 0. The highest BCUT2D eigenvalue weighted by atomic mass is 16.2. The maximum atomic E-state index is 13.8. The van der Waals surface area contributed by atoms with Gasteiger partial charge in [-0.05, 0) is 49.8 Å². The van der Waals surface area contributed by atoms with Gasteiger partial charge in [-0.15, -0.1) is 0 Å². The quantitative estimate of drug-likeness (QED) is 0.656. The molecular weight excluding hydrogens is 368 g/mol. The molecule has 0 radical (unpaired) electrons. The molecule has 1 amide bonds. The number of benzene rings is 2. The Labute approximate surface area is 182 Å². The van der Waals surface area contributed by atoms with Crippen molar-refractivity contribution in [2.24, 2.45) is 0 Å². The van der Waals surface area contributed by atoms with Crippen LogP contribution in [0, 0.1) is 0 Å². The molecule has 3 nitrogen and oxygen atoms in total. The third-order valence-corrected chi connectivity index (χ3v) is 7.59. The Kier molecular flexibility index (Phi) is 6.29. The Bertz CT molecular complexity index is 785. The number of amides is 1. The predicted octanol–water partition coefficient (Wildman–Crippen LogP) is 5.25. The maximum Gasteiger partial charge on any atom is 0.237 e. The fraction of sp³-hybridized carbons (Fsp3) is 0.519. The van der Waals surface area contributed by atoms with Crippen molar-refractivity contribution in [3.8, 4) is 0 Å². The molecule has 2 aliphatic rings. The monoisotopic (exact) mass is 404 g/mol. The Balaban J connectivity index is 1.72. The molecule has 0 aromatic heterocycles. The van der Waals surface area contributed by atoms with Crippen LogP contribution in [-0.4, -0.2) is 48.4 Å². The van der Waals surface area contributed by atoms with E-state index < -0.39 is 5.41 Å². The lowest BCUT2D eigenvalue weighted by Crippen LogP contribution is -2.50. The Morgan fingerprint density at radius 1 is 0.867 bits per heavy atom. The van der Waals surface area contributed by atoms with Crippen molar-refractivity contribution in [3.63, 3.8) is 0 Å². The second-order valence-corrected chi connectivity index (χ2v) is 9.46. The first-order valence-corrected chi connectivity index (χ1v) is 11.7. The largest absolute Gasteiger partial charge is 0.348 e. The number of likely N-dealkylation sites (tertiary alicyclic amines) is 1. The number of carbonyl (C=O) groups is 1. The van der Waals surface area contributed by atoms with Gasteiger partial charge in [0.05, 0.1) is 0 Å². The summed E-state index contributed by atoms with van der Waals surface area (Å²) in [6.45, 7) is 2.15. The lowest BCUT2D eigenvalue weighted by atomic mass is 9.70. The van der Waals surface area contributed by atoms with Crippen LogP contribution in [0.25, 0.3) is 0 Å². The zero-order valence-electron chi connectivity index (χ0n) is 18.6. The van der Waals surface area contributed by atoms with Crippen LogP contribution in [0.5, 0.6) is 0 Å². The minimum Gasteiger partial charge on any atom is -0.348 e. The van der Waals surface area contributed by atoms with Gasteiger partial charge in [-0.3, -0.25) is 9.69 Å². The average molecular weight is 405 g/mol. The van der Waals surface area contributed by atoms with Crippen molar-refractivity contribution in [1.82, 2.24) is 9.80 Å². The molecule has 2 fully saturated rings. The summed E-state index contributed by atoms with van der Waals surface area (Å²) in [6, 6.07) is 20.9. The first-order valence-electron chi connectivity index (χ1n) is 11.7. The van der Waals surface area contributed by atoms with Gasteiger partial charge in [0.15, 0.2) is 0 Å². The van der Waals surface area contributed by atoms with Gasteiger partial charge < -0.3 is 4.90 Å². The molecule has 160 valence electrons. The van der Waals surface area contributed by atoms with Gasteiger partial charge in [0.2, 0.25) is 5.91 Å². The van der Waals surface area contributed by atoms with Crippen molar-refractivity contribution in [2.45, 2.75) is 62.3 Å². The molecule has 1 heterocycles. The summed E-state index contributed by atoms with van der Waals surface area (Å²) in [5.41, 5.74) is 1.95. The molecule has 1 saturated heterocycles. The first kappa shape index (κ1) is 21.1. The molecule has 0 unspecified atom stereocenters. The van der Waals surface area contributed by atoms with Crippen LogP contribution < -0.4 is 0 Å². The van der Waals surface area contributed by atoms with Crippen LogP contribution in [0.4, 0.5) is 0 Å². The summed E-state index contributed by atoms with van der Waals surface area (Å²) in [7, 11) is 3.78. The molecule has 3 heteroatoms. The van der Waals surface area contributed by atoms with Crippen molar-refractivity contribution in [1.29, 1.82) is 0 Å². The molecule has 1 saturated carbocycles. The molecule has 0 N–H and O–H groups in total. The number of likely N-dealkylation sites (N-methyl/N-ethyl adjacent to an activating group) is 1. The lowest BCUT2D eigenvalue weighted by molar-refractivity contribution is -0.133. The molecule has 4 rings (SSSR count). The molecule has 2 aromatic rings. The zero-order chi connectivity index (χ0) is 21.0. The Morgan fingerprint density at radius 3 is 1.93 bits per heavy atom. The lowest BCUT2D eigenvalue weighted by Gasteiger charge is -2.44. The van der Waals surface area contributed by atoms with Crippen molar-refractivity contribution in [3.05, 3.63) is 71.8 Å². The van der Waals surface area contributed by atoms with E-state index in [1.807, 2.05) is 26.2 Å². The van der Waals surface area contributed by atoms with Crippen molar-refractivity contribution >= 4 is 5.91 Å². The van der Waals surface area contributed by atoms with E-state index in [1.54, 1.807) is 4.90 Å². The van der Waals surface area contributed by atoms with Crippen LogP contribution in [0.3, 0.4) is 0 Å². The smallest absolute Gasteiger partial charge is 0.237 e. The van der Waals surface area contributed by atoms with E-state index in [0.29, 0.717) is 5.54 Å². The van der Waals surface area contributed by atoms with Gasteiger partial charge in [-0.2, -0.15) is 0 Å². The third-order valence-electron chi connectivity index (χ3n) is 7.59. The normalized spacial score (nSPS) is 19.1. The van der Waals surface area contributed by atoms with E-state index in [1.165, 1.54) is 51.5 Å². The summed E-state index contributed by atoms with van der Waals surface area (Å²) in [6.07, 6.45) is 10.2. The van der Waals surface area contributed by atoms with E-state index in [0.717, 1.165) is 24.1 Å². The Morgan fingerprint density at radius 2 is 1.40 bits per heavy atom. The number of hydrogen-bond donors (Lipinski definition) is 0. The van der Waals surface area contributed by atoms with E-state index in [-0.39, 0.29) is 5.91 Å². The highest BCUT2D eigenvalue weighted by molar-refractivity contribution is 5.91. The topological polar surface area (TPSA) is 23.6 Å². The Hall–Kier alpha value is -2.13. The fourth-order valence-corrected chi connectivity index (χ4v) is 6.06. The minimum absolute atomic E-state index is 0.178. The summed E-state index contributed by atoms with van der Waals surface area (Å²) in [4.78, 5) is 18.4. The highest BCUT2D eigenvalue weighted by Gasteiger charge is 2.46. The molecule has 2 aromatic carbocycles. The molecule has 1 spiro atoms. The number of rotatable bonds is 6.